The van der Waals surface area contributed by atoms with Gasteiger partial charge in [0, 0.05) is 26.8 Å². The third-order valence-corrected chi connectivity index (χ3v) is 4.62. The standard InChI is InChI=1S/C12H22N4O2S/c1-13-12-7-6-11(10-14-12)19(17,18)16(4)9-5-8-15(2)3/h6-7,10H,5,8-9H2,1-4H3,(H,13,14). The van der Waals surface area contributed by atoms with Crippen LogP contribution in [-0.2, 0) is 10.0 Å². The van der Waals surface area contributed by atoms with Gasteiger partial charge in [0.1, 0.15) is 10.7 Å². The zero-order chi connectivity index (χ0) is 14.5. The van der Waals surface area contributed by atoms with Gasteiger partial charge in [0.25, 0.3) is 0 Å². The molecule has 0 aliphatic rings. The van der Waals surface area contributed by atoms with Crippen LogP contribution >= 0.6 is 0 Å². The molecule has 1 heterocycles. The van der Waals surface area contributed by atoms with E-state index in [0.717, 1.165) is 13.0 Å². The van der Waals surface area contributed by atoms with Gasteiger partial charge < -0.3 is 10.2 Å². The van der Waals surface area contributed by atoms with Gasteiger partial charge in [-0.05, 0) is 39.2 Å². The molecular formula is C12H22N4O2S. The number of rotatable bonds is 7. The molecule has 0 aromatic carbocycles. The molecule has 0 fully saturated rings. The lowest BCUT2D eigenvalue weighted by Crippen LogP contribution is -2.30. The molecule has 1 rings (SSSR count). The van der Waals surface area contributed by atoms with E-state index < -0.39 is 10.0 Å². The topological polar surface area (TPSA) is 65.5 Å². The first kappa shape index (κ1) is 15.9. The number of anilines is 1. The van der Waals surface area contributed by atoms with Crippen LogP contribution in [0.4, 0.5) is 5.82 Å². The summed E-state index contributed by atoms with van der Waals surface area (Å²) in [6.45, 7) is 1.35. The molecule has 1 aromatic heterocycles. The predicted octanol–water partition coefficient (Wildman–Crippen LogP) is 0.695. The highest BCUT2D eigenvalue weighted by Gasteiger charge is 2.20. The Labute approximate surface area is 115 Å². The molecule has 0 amide bonds. The largest absolute Gasteiger partial charge is 0.373 e. The van der Waals surface area contributed by atoms with E-state index in [1.807, 2.05) is 19.0 Å². The minimum Gasteiger partial charge on any atom is -0.373 e. The Balaban J connectivity index is 2.72. The Morgan fingerprint density at radius 2 is 1.89 bits per heavy atom. The van der Waals surface area contributed by atoms with E-state index >= 15 is 0 Å². The molecule has 7 heteroatoms. The number of hydrogen-bond acceptors (Lipinski definition) is 5. The second-order valence-corrected chi connectivity index (χ2v) is 6.66. The summed E-state index contributed by atoms with van der Waals surface area (Å²) in [4.78, 5) is 6.28. The van der Waals surface area contributed by atoms with Gasteiger partial charge in [0.15, 0.2) is 0 Å². The minimum absolute atomic E-state index is 0.221. The summed E-state index contributed by atoms with van der Waals surface area (Å²) in [7, 11) is 3.83. The lowest BCUT2D eigenvalue weighted by Gasteiger charge is -2.18. The molecule has 0 atom stereocenters. The van der Waals surface area contributed by atoms with Gasteiger partial charge in [0.05, 0.1) is 0 Å². The molecule has 0 aliphatic heterocycles. The molecule has 0 radical (unpaired) electrons. The van der Waals surface area contributed by atoms with Crippen molar-refractivity contribution in [3.05, 3.63) is 18.3 Å². The summed E-state index contributed by atoms with van der Waals surface area (Å²) in [5.74, 6) is 0.647. The fourth-order valence-electron chi connectivity index (χ4n) is 1.59. The zero-order valence-electron chi connectivity index (χ0n) is 11.9. The lowest BCUT2D eigenvalue weighted by molar-refractivity contribution is 0.370. The summed E-state index contributed by atoms with van der Waals surface area (Å²) in [5, 5.41) is 2.86. The smallest absolute Gasteiger partial charge is 0.244 e. The minimum atomic E-state index is -3.44. The van der Waals surface area contributed by atoms with Crippen molar-refractivity contribution in [3.8, 4) is 0 Å². The average Bonchev–Trinajstić information content (AvgIpc) is 2.38. The molecular weight excluding hydrogens is 264 g/mol. The fraction of sp³-hybridized carbons (Fsp3) is 0.583. The van der Waals surface area contributed by atoms with Crippen molar-refractivity contribution in [2.75, 3.05) is 46.6 Å². The Hall–Kier alpha value is -1.18. The number of hydrogen-bond donors (Lipinski definition) is 1. The van der Waals surface area contributed by atoms with E-state index in [0.29, 0.717) is 12.4 Å². The van der Waals surface area contributed by atoms with Crippen molar-refractivity contribution < 1.29 is 8.42 Å². The van der Waals surface area contributed by atoms with Crippen LogP contribution in [0, 0.1) is 0 Å². The lowest BCUT2D eigenvalue weighted by atomic mass is 10.4. The van der Waals surface area contributed by atoms with Crippen molar-refractivity contribution in [1.29, 1.82) is 0 Å². The number of nitrogens with one attached hydrogen (secondary N) is 1. The Bertz CT molecular complexity index is 485. The fourth-order valence-corrected chi connectivity index (χ4v) is 2.75. The van der Waals surface area contributed by atoms with E-state index in [1.54, 1.807) is 26.2 Å². The zero-order valence-corrected chi connectivity index (χ0v) is 12.7. The number of nitrogens with zero attached hydrogens (tertiary/aromatic N) is 3. The first-order valence-electron chi connectivity index (χ1n) is 6.13. The van der Waals surface area contributed by atoms with Crippen molar-refractivity contribution in [1.82, 2.24) is 14.2 Å². The molecule has 108 valence electrons. The maximum atomic E-state index is 12.3. The Morgan fingerprint density at radius 3 is 2.37 bits per heavy atom. The summed E-state index contributed by atoms with van der Waals surface area (Å²) < 4.78 is 25.9. The van der Waals surface area contributed by atoms with Gasteiger partial charge >= 0.3 is 0 Å². The van der Waals surface area contributed by atoms with Crippen LogP contribution < -0.4 is 5.32 Å². The van der Waals surface area contributed by atoms with Gasteiger partial charge in [0.2, 0.25) is 10.0 Å². The molecule has 0 unspecified atom stereocenters. The summed E-state index contributed by atoms with van der Waals surface area (Å²) in [6.07, 6.45) is 2.17. The first-order valence-corrected chi connectivity index (χ1v) is 7.57. The van der Waals surface area contributed by atoms with Crippen LogP contribution in [0.2, 0.25) is 0 Å². The van der Waals surface area contributed by atoms with Crippen molar-refractivity contribution >= 4 is 15.8 Å². The summed E-state index contributed by atoms with van der Waals surface area (Å²) in [6, 6.07) is 3.22. The third kappa shape index (κ3) is 4.45. The molecule has 6 nitrogen and oxygen atoms in total. The molecule has 0 saturated carbocycles. The maximum Gasteiger partial charge on any atom is 0.244 e. The van der Waals surface area contributed by atoms with Crippen LogP contribution in [0.25, 0.3) is 0 Å². The second kappa shape index (κ2) is 6.83. The number of pyridine rings is 1. The van der Waals surface area contributed by atoms with Crippen LogP contribution in [0.3, 0.4) is 0 Å². The van der Waals surface area contributed by atoms with Crippen LogP contribution in [0.15, 0.2) is 23.2 Å². The van der Waals surface area contributed by atoms with Crippen LogP contribution in [0.1, 0.15) is 6.42 Å². The number of aromatic nitrogens is 1. The number of sulfonamides is 1. The highest BCUT2D eigenvalue weighted by molar-refractivity contribution is 7.89. The van der Waals surface area contributed by atoms with E-state index in [4.69, 9.17) is 0 Å². The molecule has 1 aromatic rings. The predicted molar refractivity (Wildman–Crippen MR) is 76.8 cm³/mol. The maximum absolute atomic E-state index is 12.3. The van der Waals surface area contributed by atoms with Crippen molar-refractivity contribution in [3.63, 3.8) is 0 Å². The average molecular weight is 286 g/mol. The van der Waals surface area contributed by atoms with Gasteiger partial charge in [-0.1, -0.05) is 0 Å². The van der Waals surface area contributed by atoms with Crippen LogP contribution in [-0.4, -0.2) is 63.9 Å². The summed E-state index contributed by atoms with van der Waals surface area (Å²) >= 11 is 0. The SMILES string of the molecule is CNc1ccc(S(=O)(=O)N(C)CCCN(C)C)cn1. The molecule has 0 bridgehead atoms. The van der Waals surface area contributed by atoms with Crippen LogP contribution in [0.5, 0.6) is 0 Å². The van der Waals surface area contributed by atoms with E-state index in [9.17, 15) is 8.42 Å². The highest BCUT2D eigenvalue weighted by atomic mass is 32.2. The van der Waals surface area contributed by atoms with Gasteiger partial charge in [-0.2, -0.15) is 0 Å². The van der Waals surface area contributed by atoms with E-state index in [-0.39, 0.29) is 4.90 Å². The first-order chi connectivity index (χ1) is 8.87. The van der Waals surface area contributed by atoms with Crippen molar-refractivity contribution in [2.24, 2.45) is 0 Å². The highest BCUT2D eigenvalue weighted by Crippen LogP contribution is 2.15. The second-order valence-electron chi connectivity index (χ2n) is 4.61. The van der Waals surface area contributed by atoms with E-state index in [1.165, 1.54) is 10.5 Å². The van der Waals surface area contributed by atoms with E-state index in [2.05, 4.69) is 10.3 Å². The normalized spacial score (nSPS) is 12.1. The van der Waals surface area contributed by atoms with Gasteiger partial charge in [-0.3, -0.25) is 0 Å². The summed E-state index contributed by atoms with van der Waals surface area (Å²) in [5.41, 5.74) is 0. The monoisotopic (exact) mass is 286 g/mol. The van der Waals surface area contributed by atoms with Gasteiger partial charge in [-0.15, -0.1) is 0 Å². The van der Waals surface area contributed by atoms with Gasteiger partial charge in [-0.25, -0.2) is 17.7 Å². The molecule has 1 N–H and O–H groups in total. The molecule has 0 saturated heterocycles. The third-order valence-electron chi connectivity index (χ3n) is 2.78. The molecule has 19 heavy (non-hydrogen) atoms. The Kier molecular flexibility index (Phi) is 5.71. The quantitative estimate of drug-likeness (QED) is 0.799. The van der Waals surface area contributed by atoms with Crippen molar-refractivity contribution in [2.45, 2.75) is 11.3 Å². The Morgan fingerprint density at radius 1 is 1.21 bits per heavy atom. The molecule has 0 spiro atoms. The molecule has 0 aliphatic carbocycles.